The van der Waals surface area contributed by atoms with Gasteiger partial charge in [0.1, 0.15) is 17.5 Å². The van der Waals surface area contributed by atoms with Crippen molar-refractivity contribution >= 4 is 11.7 Å². The highest BCUT2D eigenvalue weighted by Crippen LogP contribution is 2.23. The fourth-order valence-corrected chi connectivity index (χ4v) is 3.29. The van der Waals surface area contributed by atoms with Gasteiger partial charge in [-0.1, -0.05) is 12.1 Å². The Morgan fingerprint density at radius 3 is 2.93 bits per heavy atom. The first-order chi connectivity index (χ1) is 13.0. The van der Waals surface area contributed by atoms with Gasteiger partial charge in [-0.05, 0) is 37.1 Å². The molecule has 2 aromatic rings. The lowest BCUT2D eigenvalue weighted by molar-refractivity contribution is -0.129. The summed E-state index contributed by atoms with van der Waals surface area (Å²) in [5.74, 6) is 1.30. The molecule has 0 radical (unpaired) electrons. The molecule has 2 N–H and O–H groups in total. The summed E-state index contributed by atoms with van der Waals surface area (Å²) in [6, 6.07) is 8.10. The number of nitrogens with one attached hydrogen (secondary N) is 2. The van der Waals surface area contributed by atoms with Crippen LogP contribution in [0.4, 0.5) is 10.2 Å². The first kappa shape index (κ1) is 19.2. The predicted octanol–water partition coefficient (Wildman–Crippen LogP) is 2.33. The average Bonchev–Trinajstić information content (AvgIpc) is 2.68. The zero-order valence-electron chi connectivity index (χ0n) is 15.8. The summed E-state index contributed by atoms with van der Waals surface area (Å²) < 4.78 is 13.3. The first-order valence-corrected chi connectivity index (χ1v) is 9.30. The second kappa shape index (κ2) is 8.90. The van der Waals surface area contributed by atoms with Crippen molar-refractivity contribution in [1.82, 2.24) is 20.2 Å². The summed E-state index contributed by atoms with van der Waals surface area (Å²) in [4.78, 5) is 23.3. The molecular weight excluding hydrogens is 345 g/mol. The number of benzene rings is 1. The molecule has 0 bridgehead atoms. The summed E-state index contributed by atoms with van der Waals surface area (Å²) in [5.41, 5.74) is 1.66. The van der Waals surface area contributed by atoms with Gasteiger partial charge in [0.15, 0.2) is 0 Å². The molecule has 6 nitrogen and oxygen atoms in total. The summed E-state index contributed by atoms with van der Waals surface area (Å²) in [5, 5.41) is 6.48. The maximum absolute atomic E-state index is 13.3. The minimum absolute atomic E-state index is 0.0973. The van der Waals surface area contributed by atoms with E-state index in [2.05, 4.69) is 15.6 Å². The smallest absolute Gasteiger partial charge is 0.227 e. The van der Waals surface area contributed by atoms with Gasteiger partial charge >= 0.3 is 0 Å². The van der Waals surface area contributed by atoms with Gasteiger partial charge in [-0.25, -0.2) is 14.4 Å². The quantitative estimate of drug-likeness (QED) is 0.816. The number of hydrogen-bond donors (Lipinski definition) is 2. The largest absolute Gasteiger partial charge is 0.373 e. The maximum Gasteiger partial charge on any atom is 0.227 e. The molecule has 1 aromatic heterocycles. The Bertz CT molecular complexity index is 792. The summed E-state index contributed by atoms with van der Waals surface area (Å²) in [6.07, 6.45) is 2.38. The van der Waals surface area contributed by atoms with Gasteiger partial charge in [0.05, 0.1) is 18.7 Å². The number of likely N-dealkylation sites (N-methyl/N-ethyl adjacent to an activating group) is 1. The lowest BCUT2D eigenvalue weighted by atomic mass is 9.96. The monoisotopic (exact) mass is 371 g/mol. The van der Waals surface area contributed by atoms with Crippen molar-refractivity contribution in [1.29, 1.82) is 0 Å². The van der Waals surface area contributed by atoms with E-state index in [0.29, 0.717) is 23.9 Å². The van der Waals surface area contributed by atoms with Crippen LogP contribution in [0, 0.1) is 5.82 Å². The number of halogens is 1. The molecule has 1 saturated heterocycles. The van der Waals surface area contributed by atoms with Crippen molar-refractivity contribution in [2.45, 2.75) is 31.7 Å². The van der Waals surface area contributed by atoms with Crippen molar-refractivity contribution in [3.63, 3.8) is 0 Å². The topological polar surface area (TPSA) is 70.2 Å². The molecule has 0 spiro atoms. The van der Waals surface area contributed by atoms with E-state index in [4.69, 9.17) is 4.98 Å². The number of carbonyl (C=O) groups is 1. The number of nitrogens with zero attached hydrogens (tertiary/aromatic N) is 3. The Balaban J connectivity index is 1.70. The predicted molar refractivity (Wildman–Crippen MR) is 103 cm³/mol. The summed E-state index contributed by atoms with van der Waals surface area (Å²) >= 11 is 0. The number of anilines is 1. The van der Waals surface area contributed by atoms with Gasteiger partial charge in [0.2, 0.25) is 5.91 Å². The molecule has 7 heteroatoms. The van der Waals surface area contributed by atoms with Gasteiger partial charge in [0.25, 0.3) is 0 Å². The first-order valence-electron chi connectivity index (χ1n) is 9.30. The van der Waals surface area contributed by atoms with E-state index in [9.17, 15) is 9.18 Å². The zero-order chi connectivity index (χ0) is 19.2. The number of rotatable bonds is 6. The molecule has 1 aliphatic heterocycles. The lowest BCUT2D eigenvalue weighted by Crippen LogP contribution is -2.30. The molecule has 0 aliphatic carbocycles. The molecule has 0 unspecified atom stereocenters. The number of piperidine rings is 1. The van der Waals surface area contributed by atoms with Gasteiger partial charge < -0.3 is 15.5 Å². The van der Waals surface area contributed by atoms with E-state index in [0.717, 1.165) is 37.4 Å². The van der Waals surface area contributed by atoms with Crippen LogP contribution in [0.25, 0.3) is 0 Å². The molecule has 1 amide bonds. The zero-order valence-corrected chi connectivity index (χ0v) is 15.8. The van der Waals surface area contributed by atoms with Crippen LogP contribution in [0.1, 0.15) is 35.8 Å². The third kappa shape index (κ3) is 5.23. The third-order valence-electron chi connectivity index (χ3n) is 4.81. The third-order valence-corrected chi connectivity index (χ3v) is 4.81. The second-order valence-corrected chi connectivity index (χ2v) is 6.94. The van der Waals surface area contributed by atoms with E-state index in [1.54, 1.807) is 24.1 Å². The highest BCUT2D eigenvalue weighted by molar-refractivity contribution is 5.78. The van der Waals surface area contributed by atoms with Crippen LogP contribution in [0.2, 0.25) is 0 Å². The van der Waals surface area contributed by atoms with Crippen molar-refractivity contribution in [2.24, 2.45) is 0 Å². The van der Waals surface area contributed by atoms with E-state index >= 15 is 0 Å². The Morgan fingerprint density at radius 1 is 1.37 bits per heavy atom. The number of hydrogen-bond acceptors (Lipinski definition) is 5. The molecule has 2 heterocycles. The maximum atomic E-state index is 13.3. The van der Waals surface area contributed by atoms with Crippen molar-refractivity contribution in [3.8, 4) is 0 Å². The summed E-state index contributed by atoms with van der Waals surface area (Å²) in [7, 11) is 3.55. The standard InChI is InChI=1S/C20H26FN5O/c1-22-18-11-17(15-6-4-8-23-12-15)24-19(25-18)13-26(2)20(27)10-14-5-3-7-16(21)9-14/h3,5,7,9,11,15,23H,4,6,8,10,12-13H2,1-2H3,(H,22,24,25)/t15-/m0/s1. The van der Waals surface area contributed by atoms with E-state index < -0.39 is 0 Å². The van der Waals surface area contributed by atoms with Crippen LogP contribution < -0.4 is 10.6 Å². The summed E-state index contributed by atoms with van der Waals surface area (Å²) in [6.45, 7) is 2.27. The lowest BCUT2D eigenvalue weighted by Gasteiger charge is -2.23. The molecule has 1 aliphatic rings. The fourth-order valence-electron chi connectivity index (χ4n) is 3.29. The van der Waals surface area contributed by atoms with Crippen LogP contribution >= 0.6 is 0 Å². The van der Waals surface area contributed by atoms with Gasteiger partial charge in [-0.3, -0.25) is 4.79 Å². The highest BCUT2D eigenvalue weighted by Gasteiger charge is 2.19. The Kier molecular flexibility index (Phi) is 6.34. The van der Waals surface area contributed by atoms with E-state index in [1.807, 2.05) is 13.1 Å². The molecule has 144 valence electrons. The molecule has 1 aromatic carbocycles. The van der Waals surface area contributed by atoms with Gasteiger partial charge in [-0.2, -0.15) is 0 Å². The average molecular weight is 371 g/mol. The van der Waals surface area contributed by atoms with Crippen molar-refractivity contribution in [3.05, 3.63) is 53.2 Å². The minimum atomic E-state index is -0.334. The van der Waals surface area contributed by atoms with E-state index in [-0.39, 0.29) is 18.1 Å². The fraction of sp³-hybridized carbons (Fsp3) is 0.450. The number of aromatic nitrogens is 2. The SMILES string of the molecule is CNc1cc([C@H]2CCCNC2)nc(CN(C)C(=O)Cc2cccc(F)c2)n1. The van der Waals surface area contributed by atoms with Crippen molar-refractivity contribution < 1.29 is 9.18 Å². The van der Waals surface area contributed by atoms with Crippen LogP contribution in [-0.4, -0.2) is 48.0 Å². The molecule has 3 rings (SSSR count). The van der Waals surface area contributed by atoms with Crippen LogP contribution in [0.3, 0.4) is 0 Å². The normalized spacial score (nSPS) is 16.8. The minimum Gasteiger partial charge on any atom is -0.373 e. The van der Waals surface area contributed by atoms with Crippen LogP contribution in [0.5, 0.6) is 0 Å². The number of amides is 1. The Morgan fingerprint density at radius 2 is 2.22 bits per heavy atom. The van der Waals surface area contributed by atoms with Crippen molar-refractivity contribution in [2.75, 3.05) is 32.5 Å². The molecule has 1 atom stereocenters. The Hall–Kier alpha value is -2.54. The Labute approximate surface area is 159 Å². The van der Waals surface area contributed by atoms with Crippen LogP contribution in [0.15, 0.2) is 30.3 Å². The molecular formula is C20H26FN5O. The highest BCUT2D eigenvalue weighted by atomic mass is 19.1. The number of carbonyl (C=O) groups excluding carboxylic acids is 1. The molecule has 27 heavy (non-hydrogen) atoms. The second-order valence-electron chi connectivity index (χ2n) is 6.94. The van der Waals surface area contributed by atoms with Crippen LogP contribution in [-0.2, 0) is 17.8 Å². The van der Waals surface area contributed by atoms with Gasteiger partial charge in [-0.15, -0.1) is 0 Å². The van der Waals surface area contributed by atoms with Gasteiger partial charge in [0, 0.05) is 32.6 Å². The molecule has 1 fully saturated rings. The molecule has 0 saturated carbocycles. The van der Waals surface area contributed by atoms with E-state index in [1.165, 1.54) is 12.1 Å².